The van der Waals surface area contributed by atoms with Crippen LogP contribution in [0.3, 0.4) is 0 Å². The number of ether oxygens (including phenoxy) is 3. The predicted molar refractivity (Wildman–Crippen MR) is 122 cm³/mol. The minimum Gasteiger partial charge on any atom is -0.493 e. The number of carbonyl (C=O) groups is 1. The lowest BCUT2D eigenvalue weighted by molar-refractivity contribution is -0.123. The minimum atomic E-state index is -0.616. The Morgan fingerprint density at radius 3 is 2.42 bits per heavy atom. The van der Waals surface area contributed by atoms with Crippen molar-refractivity contribution in [3.8, 4) is 28.5 Å². The van der Waals surface area contributed by atoms with Crippen molar-refractivity contribution in [3.05, 3.63) is 68.7 Å². The van der Waals surface area contributed by atoms with Crippen LogP contribution in [0.25, 0.3) is 11.3 Å². The summed E-state index contributed by atoms with van der Waals surface area (Å²) in [4.78, 5) is 24.2. The summed E-state index contributed by atoms with van der Waals surface area (Å²) in [5.74, 6) is 0.0203. The number of aromatic nitrogens is 2. The normalized spacial score (nSPS) is 10.6. The highest BCUT2D eigenvalue weighted by Crippen LogP contribution is 2.33. The highest BCUT2D eigenvalue weighted by molar-refractivity contribution is 6.37. The fraction of sp³-hybridized carbons (Fsp3) is 0.227. The highest BCUT2D eigenvalue weighted by atomic mass is 35.5. The molecular formula is C22H20Cl2FN3O5. The third kappa shape index (κ3) is 6.15. The first-order valence-electron chi connectivity index (χ1n) is 9.67. The second-order valence-electron chi connectivity index (χ2n) is 6.69. The van der Waals surface area contributed by atoms with Gasteiger partial charge in [-0.15, -0.1) is 0 Å². The molecule has 0 spiro atoms. The molecule has 8 nitrogen and oxygen atoms in total. The van der Waals surface area contributed by atoms with Crippen LogP contribution in [0.2, 0.25) is 10.0 Å². The summed E-state index contributed by atoms with van der Waals surface area (Å²) < 4.78 is 30.3. The molecule has 3 aromatic rings. The second kappa shape index (κ2) is 11.0. The number of benzene rings is 2. The van der Waals surface area contributed by atoms with Crippen LogP contribution in [0.5, 0.6) is 17.2 Å². The van der Waals surface area contributed by atoms with Crippen LogP contribution in [0.4, 0.5) is 4.39 Å². The highest BCUT2D eigenvalue weighted by Gasteiger charge is 2.13. The maximum atomic E-state index is 13.2. The number of nitrogens with zero attached hydrogens (tertiary/aromatic N) is 2. The Labute approximate surface area is 198 Å². The maximum absolute atomic E-state index is 13.2. The average molecular weight is 496 g/mol. The molecule has 0 saturated heterocycles. The van der Waals surface area contributed by atoms with Gasteiger partial charge in [-0.05, 0) is 36.4 Å². The summed E-state index contributed by atoms with van der Waals surface area (Å²) in [7, 11) is 3.07. The lowest BCUT2D eigenvalue weighted by atomic mass is 10.1. The van der Waals surface area contributed by atoms with Gasteiger partial charge in [0.2, 0.25) is 0 Å². The van der Waals surface area contributed by atoms with Gasteiger partial charge in [0.25, 0.3) is 11.5 Å². The van der Waals surface area contributed by atoms with E-state index in [-0.39, 0.29) is 41.1 Å². The van der Waals surface area contributed by atoms with Crippen LogP contribution in [-0.4, -0.2) is 43.1 Å². The standard InChI is InChI=1S/C22H20Cl2FN3O5/c1-31-18-5-3-13(9-19(18)32-2)17-4-6-21(30)28(27-17)8-7-26-20(29)12-33-22-15(23)10-14(25)11-16(22)24/h3-6,9-11H,7-8,12H2,1-2H3,(H,26,29). The summed E-state index contributed by atoms with van der Waals surface area (Å²) in [5, 5.41) is 6.87. The molecule has 0 fully saturated rings. The largest absolute Gasteiger partial charge is 0.493 e. The van der Waals surface area contributed by atoms with Crippen molar-refractivity contribution in [1.82, 2.24) is 15.1 Å². The van der Waals surface area contributed by atoms with Gasteiger partial charge < -0.3 is 19.5 Å². The van der Waals surface area contributed by atoms with Crippen molar-refractivity contribution < 1.29 is 23.4 Å². The Morgan fingerprint density at radius 1 is 1.06 bits per heavy atom. The number of amides is 1. The fourth-order valence-corrected chi connectivity index (χ4v) is 3.48. The van der Waals surface area contributed by atoms with E-state index in [1.54, 1.807) is 24.3 Å². The van der Waals surface area contributed by atoms with Crippen LogP contribution >= 0.6 is 23.2 Å². The Hall–Kier alpha value is -3.30. The van der Waals surface area contributed by atoms with E-state index < -0.39 is 11.7 Å². The number of carbonyl (C=O) groups excluding carboxylic acids is 1. The lowest BCUT2D eigenvalue weighted by Crippen LogP contribution is -2.34. The molecule has 1 aromatic heterocycles. The number of methoxy groups -OCH3 is 2. The molecule has 1 N–H and O–H groups in total. The van der Waals surface area contributed by atoms with E-state index in [2.05, 4.69) is 10.4 Å². The number of hydrogen-bond acceptors (Lipinski definition) is 6. The van der Waals surface area contributed by atoms with Crippen molar-refractivity contribution in [2.24, 2.45) is 0 Å². The molecular weight excluding hydrogens is 476 g/mol. The van der Waals surface area contributed by atoms with Gasteiger partial charge in [-0.25, -0.2) is 9.07 Å². The van der Waals surface area contributed by atoms with Gasteiger partial charge in [0.05, 0.1) is 36.5 Å². The van der Waals surface area contributed by atoms with Crippen molar-refractivity contribution >= 4 is 29.1 Å². The number of nitrogens with one attached hydrogen (secondary N) is 1. The molecule has 0 aliphatic heterocycles. The molecule has 2 aromatic carbocycles. The van der Waals surface area contributed by atoms with E-state index in [1.165, 1.54) is 25.0 Å². The summed E-state index contributed by atoms with van der Waals surface area (Å²) in [6.07, 6.45) is 0. The molecule has 0 atom stereocenters. The molecule has 33 heavy (non-hydrogen) atoms. The monoisotopic (exact) mass is 495 g/mol. The van der Waals surface area contributed by atoms with E-state index in [9.17, 15) is 14.0 Å². The molecule has 0 aliphatic carbocycles. The first-order valence-corrected chi connectivity index (χ1v) is 10.4. The average Bonchev–Trinajstić information content (AvgIpc) is 2.79. The summed E-state index contributed by atoms with van der Waals surface area (Å²) in [5.41, 5.74) is 0.951. The molecule has 1 amide bonds. The molecule has 3 rings (SSSR count). The van der Waals surface area contributed by atoms with E-state index in [1.807, 2.05) is 0 Å². The number of rotatable bonds is 9. The Kier molecular flexibility index (Phi) is 8.13. The second-order valence-corrected chi connectivity index (χ2v) is 7.50. The van der Waals surface area contributed by atoms with Gasteiger partial charge in [-0.3, -0.25) is 9.59 Å². The molecule has 0 bridgehead atoms. The van der Waals surface area contributed by atoms with Gasteiger partial charge in [0, 0.05) is 18.2 Å². The molecule has 174 valence electrons. The minimum absolute atomic E-state index is 0.00962. The Morgan fingerprint density at radius 2 is 1.76 bits per heavy atom. The molecule has 0 saturated carbocycles. The van der Waals surface area contributed by atoms with Crippen LogP contribution in [0.15, 0.2) is 47.3 Å². The quantitative estimate of drug-likeness (QED) is 0.487. The topological polar surface area (TPSA) is 91.7 Å². The Balaban J connectivity index is 1.61. The van der Waals surface area contributed by atoms with Crippen molar-refractivity contribution in [1.29, 1.82) is 0 Å². The van der Waals surface area contributed by atoms with Crippen LogP contribution in [0, 0.1) is 5.82 Å². The van der Waals surface area contributed by atoms with Gasteiger partial charge in [-0.2, -0.15) is 5.10 Å². The Bertz CT molecular complexity index is 1200. The van der Waals surface area contributed by atoms with Crippen LogP contribution < -0.4 is 25.1 Å². The first-order chi connectivity index (χ1) is 15.8. The molecule has 0 aliphatic rings. The molecule has 1 heterocycles. The summed E-state index contributed by atoms with van der Waals surface area (Å²) >= 11 is 11.8. The van der Waals surface area contributed by atoms with E-state index in [4.69, 9.17) is 37.4 Å². The van der Waals surface area contributed by atoms with Gasteiger partial charge in [0.15, 0.2) is 23.9 Å². The van der Waals surface area contributed by atoms with Crippen LogP contribution in [0.1, 0.15) is 0 Å². The third-order valence-corrected chi connectivity index (χ3v) is 5.06. The predicted octanol–water partition coefficient (Wildman–Crippen LogP) is 3.57. The van der Waals surface area contributed by atoms with E-state index >= 15 is 0 Å². The smallest absolute Gasteiger partial charge is 0.266 e. The van der Waals surface area contributed by atoms with E-state index in [0.717, 1.165) is 17.7 Å². The SMILES string of the molecule is COc1ccc(-c2ccc(=O)n(CCNC(=O)COc3c(Cl)cc(F)cc3Cl)n2)cc1OC. The molecule has 0 unspecified atom stereocenters. The van der Waals surface area contributed by atoms with Crippen molar-refractivity contribution in [3.63, 3.8) is 0 Å². The van der Waals surface area contributed by atoms with Gasteiger partial charge in [0.1, 0.15) is 5.82 Å². The zero-order chi connectivity index (χ0) is 24.0. The maximum Gasteiger partial charge on any atom is 0.266 e. The van der Waals surface area contributed by atoms with Crippen molar-refractivity contribution in [2.75, 3.05) is 27.4 Å². The lowest BCUT2D eigenvalue weighted by Gasteiger charge is -2.12. The number of hydrogen-bond donors (Lipinski definition) is 1. The van der Waals surface area contributed by atoms with Crippen LogP contribution in [-0.2, 0) is 11.3 Å². The van der Waals surface area contributed by atoms with Gasteiger partial charge >= 0.3 is 0 Å². The molecule has 0 radical (unpaired) electrons. The van der Waals surface area contributed by atoms with Crippen molar-refractivity contribution in [2.45, 2.75) is 6.54 Å². The fourth-order valence-electron chi connectivity index (χ4n) is 2.92. The zero-order valence-corrected chi connectivity index (χ0v) is 19.2. The summed E-state index contributed by atoms with van der Waals surface area (Å²) in [6.45, 7) is -0.141. The van der Waals surface area contributed by atoms with E-state index in [0.29, 0.717) is 17.2 Å². The van der Waals surface area contributed by atoms with Gasteiger partial charge in [-0.1, -0.05) is 23.2 Å². The molecule has 11 heteroatoms. The first kappa shape index (κ1) is 24.3. The zero-order valence-electron chi connectivity index (χ0n) is 17.7. The summed E-state index contributed by atoms with van der Waals surface area (Å²) in [6, 6.07) is 10.3. The number of halogens is 3. The third-order valence-electron chi connectivity index (χ3n) is 4.50.